The molecule has 0 fully saturated rings. The molecule has 12 nitrogen and oxygen atoms in total. The van der Waals surface area contributed by atoms with Crippen LogP contribution in [0.2, 0.25) is 10.0 Å². The molecule has 0 saturated carbocycles. The van der Waals surface area contributed by atoms with Crippen molar-refractivity contribution >= 4 is 52.7 Å². The molecule has 0 aliphatic carbocycles. The van der Waals surface area contributed by atoms with Gasteiger partial charge in [0, 0.05) is 23.1 Å². The zero-order valence-corrected chi connectivity index (χ0v) is 26.1. The van der Waals surface area contributed by atoms with Crippen molar-refractivity contribution in [3.05, 3.63) is 107 Å². The summed E-state index contributed by atoms with van der Waals surface area (Å²) in [5, 5.41) is 15.8. The fourth-order valence-corrected chi connectivity index (χ4v) is 3.87. The van der Waals surface area contributed by atoms with E-state index in [2.05, 4.69) is 10.6 Å². The Morgan fingerprint density at radius 1 is 0.717 bits per heavy atom. The first kappa shape index (κ1) is 35.6. The number of aliphatic hydroxyl groups excluding tert-OH is 1. The summed E-state index contributed by atoms with van der Waals surface area (Å²) >= 11 is 11.5. The number of ketones is 1. The number of nitrogens with one attached hydrogen (secondary N) is 2. The summed E-state index contributed by atoms with van der Waals surface area (Å²) in [5.74, 6) is -4.05. The summed E-state index contributed by atoms with van der Waals surface area (Å²) in [7, 11) is 0. The minimum Gasteiger partial charge on any atom is -0.472 e. The Kier molecular flexibility index (Phi) is 13.6. The van der Waals surface area contributed by atoms with Crippen LogP contribution in [0.15, 0.2) is 94.6 Å². The summed E-state index contributed by atoms with van der Waals surface area (Å²) in [6.07, 6.45) is 4.30. The van der Waals surface area contributed by atoms with E-state index < -0.39 is 47.5 Å². The molecule has 3 atom stereocenters. The van der Waals surface area contributed by atoms with Crippen molar-refractivity contribution in [1.29, 1.82) is 0 Å². The number of carbonyl (C=O) groups excluding carboxylic acids is 5. The molecule has 242 valence electrons. The van der Waals surface area contributed by atoms with Gasteiger partial charge < -0.3 is 34.0 Å². The molecule has 0 aliphatic rings. The van der Waals surface area contributed by atoms with Crippen LogP contribution >= 0.6 is 23.2 Å². The van der Waals surface area contributed by atoms with Crippen molar-refractivity contribution in [2.75, 3.05) is 13.1 Å². The third-order valence-electron chi connectivity index (χ3n) is 6.24. The molecule has 0 spiro atoms. The second kappa shape index (κ2) is 17.5. The lowest BCUT2D eigenvalue weighted by molar-refractivity contribution is -0.144. The van der Waals surface area contributed by atoms with Crippen molar-refractivity contribution in [2.24, 2.45) is 11.8 Å². The lowest BCUT2D eigenvalue weighted by atomic mass is 10.0. The van der Waals surface area contributed by atoms with Gasteiger partial charge in [-0.3, -0.25) is 24.0 Å². The van der Waals surface area contributed by atoms with E-state index in [0.29, 0.717) is 26.9 Å². The third-order valence-corrected chi connectivity index (χ3v) is 6.74. The van der Waals surface area contributed by atoms with Gasteiger partial charge in [0.1, 0.15) is 41.6 Å². The Hall–Kier alpha value is -4.91. The number of ether oxygens (including phenoxy) is 2. The number of amides is 2. The molecule has 2 amide bonds. The highest BCUT2D eigenvalue weighted by Gasteiger charge is 2.28. The lowest BCUT2D eigenvalue weighted by Gasteiger charge is -2.18. The van der Waals surface area contributed by atoms with E-state index >= 15 is 0 Å². The zero-order chi connectivity index (χ0) is 33.6. The fourth-order valence-electron chi connectivity index (χ4n) is 3.62. The van der Waals surface area contributed by atoms with Gasteiger partial charge in [0.2, 0.25) is 0 Å². The van der Waals surface area contributed by atoms with Crippen LogP contribution < -0.4 is 20.1 Å². The van der Waals surface area contributed by atoms with Gasteiger partial charge in [0.05, 0.1) is 29.8 Å². The van der Waals surface area contributed by atoms with Crippen molar-refractivity contribution in [3.63, 3.8) is 0 Å². The predicted octanol–water partition coefficient (Wildman–Crippen LogP) is 4.74. The van der Waals surface area contributed by atoms with Gasteiger partial charge in [-0.15, -0.1) is 0 Å². The van der Waals surface area contributed by atoms with E-state index in [-0.39, 0.29) is 18.8 Å². The van der Waals surface area contributed by atoms with Crippen LogP contribution in [0.25, 0.3) is 0 Å². The van der Waals surface area contributed by atoms with Crippen molar-refractivity contribution in [1.82, 2.24) is 10.6 Å². The maximum Gasteiger partial charge on any atom is 0.323 e. The van der Waals surface area contributed by atoms with Gasteiger partial charge >= 0.3 is 11.9 Å². The highest BCUT2D eigenvalue weighted by molar-refractivity contribution is 6.30. The number of carbonyl (C=O) groups is 5. The number of furan rings is 2. The van der Waals surface area contributed by atoms with E-state index in [1.54, 1.807) is 36.4 Å². The molecular formula is C32H30Cl2N2O10. The molecule has 0 saturated heterocycles. The van der Waals surface area contributed by atoms with Gasteiger partial charge in [0.15, 0.2) is 0 Å². The smallest absolute Gasteiger partial charge is 0.323 e. The number of halogens is 2. The maximum absolute atomic E-state index is 12.2. The van der Waals surface area contributed by atoms with Crippen LogP contribution in [0.3, 0.4) is 0 Å². The topological polar surface area (TPSA) is 174 Å². The summed E-state index contributed by atoms with van der Waals surface area (Å²) < 4.78 is 19.9. The summed E-state index contributed by atoms with van der Waals surface area (Å²) in [4.78, 5) is 59.5. The zero-order valence-electron chi connectivity index (χ0n) is 24.6. The van der Waals surface area contributed by atoms with E-state index in [1.165, 1.54) is 63.2 Å². The number of hydrogen-bond acceptors (Lipinski definition) is 10. The number of rotatable bonds is 12. The van der Waals surface area contributed by atoms with Crippen LogP contribution in [0.5, 0.6) is 11.5 Å². The number of Topliss-reactive ketones (excluding diaryl/α,β-unsaturated/α-hetero) is 1. The van der Waals surface area contributed by atoms with Gasteiger partial charge in [-0.1, -0.05) is 23.2 Å². The molecule has 46 heavy (non-hydrogen) atoms. The first-order valence-corrected chi connectivity index (χ1v) is 14.4. The van der Waals surface area contributed by atoms with Gasteiger partial charge in [0.25, 0.3) is 11.8 Å². The average molecular weight is 674 g/mol. The Morgan fingerprint density at radius 2 is 1.15 bits per heavy atom. The largest absolute Gasteiger partial charge is 0.472 e. The third kappa shape index (κ3) is 11.2. The summed E-state index contributed by atoms with van der Waals surface area (Å²) in [6, 6.07) is 15.4. The second-order valence-corrected chi connectivity index (χ2v) is 10.6. The molecule has 2 aromatic carbocycles. The molecule has 0 aliphatic heterocycles. The predicted molar refractivity (Wildman–Crippen MR) is 166 cm³/mol. The Bertz CT molecular complexity index is 1590. The maximum atomic E-state index is 12.2. The minimum absolute atomic E-state index is 0.0614. The van der Waals surface area contributed by atoms with Crippen molar-refractivity contribution in [3.8, 4) is 11.5 Å². The van der Waals surface area contributed by atoms with Crippen LogP contribution in [0.1, 0.15) is 34.6 Å². The lowest BCUT2D eigenvalue weighted by Crippen LogP contribution is -2.40. The molecule has 4 rings (SSSR count). The highest BCUT2D eigenvalue weighted by Crippen LogP contribution is 2.19. The normalized spacial score (nSPS) is 12.4. The Balaban J connectivity index is 0.000000250. The van der Waals surface area contributed by atoms with E-state index in [0.717, 1.165) is 0 Å². The molecule has 2 aromatic heterocycles. The number of aliphatic hydroxyl groups is 1. The first-order chi connectivity index (χ1) is 21.9. The highest BCUT2D eigenvalue weighted by atomic mass is 35.5. The van der Waals surface area contributed by atoms with E-state index in [4.69, 9.17) is 41.5 Å². The van der Waals surface area contributed by atoms with Crippen molar-refractivity contribution in [2.45, 2.75) is 20.0 Å². The molecule has 0 bridgehead atoms. The minimum atomic E-state index is -1.10. The molecular weight excluding hydrogens is 643 g/mol. The molecule has 0 radical (unpaired) electrons. The van der Waals surface area contributed by atoms with Crippen LogP contribution in [0, 0.1) is 11.8 Å². The number of benzene rings is 2. The Morgan fingerprint density at radius 3 is 1.54 bits per heavy atom. The Labute approximate surface area is 273 Å². The average Bonchev–Trinajstić information content (AvgIpc) is 3.75. The summed E-state index contributed by atoms with van der Waals surface area (Å²) in [6.45, 7) is 2.50. The van der Waals surface area contributed by atoms with Crippen LogP contribution in [-0.4, -0.2) is 53.8 Å². The molecule has 14 heteroatoms. The fraction of sp³-hybridized carbons (Fsp3) is 0.219. The number of esters is 2. The quantitative estimate of drug-likeness (QED) is 0.108. The molecule has 2 heterocycles. The van der Waals surface area contributed by atoms with E-state index in [1.807, 2.05) is 0 Å². The standard InChI is InChI=1S/C16H16ClNO5.C16H14ClNO5/c2*1-10(19)14(8-18-15(20)11-6-7-22-9-11)16(21)23-13-4-2-12(17)3-5-13/h2-7,9-10,14,19H,8H2,1H3,(H,18,20);2-7,9,14H,8H2,1H3,(H,18,20)/t10-,14+;/m1./s1. The van der Waals surface area contributed by atoms with Crippen LogP contribution in [0.4, 0.5) is 0 Å². The molecule has 1 unspecified atom stereocenters. The molecule has 4 aromatic rings. The SMILES string of the molecule is CC(=O)C(CNC(=O)c1ccoc1)C(=O)Oc1ccc(Cl)cc1.C[C@@H](O)[C@H](CNC(=O)c1ccoc1)C(=O)Oc1ccc(Cl)cc1. The first-order valence-electron chi connectivity index (χ1n) is 13.7. The van der Waals surface area contributed by atoms with Gasteiger partial charge in [-0.05, 0) is 74.5 Å². The number of hydrogen-bond donors (Lipinski definition) is 3. The monoisotopic (exact) mass is 672 g/mol. The van der Waals surface area contributed by atoms with Gasteiger partial charge in [-0.25, -0.2) is 0 Å². The summed E-state index contributed by atoms with van der Waals surface area (Å²) in [5.41, 5.74) is 0.638. The van der Waals surface area contributed by atoms with Crippen LogP contribution in [-0.2, 0) is 14.4 Å². The van der Waals surface area contributed by atoms with E-state index in [9.17, 15) is 29.1 Å². The van der Waals surface area contributed by atoms with Gasteiger partial charge in [-0.2, -0.15) is 0 Å². The molecule has 3 N–H and O–H groups in total. The van der Waals surface area contributed by atoms with Crippen molar-refractivity contribution < 1.29 is 47.4 Å². The second-order valence-electron chi connectivity index (χ2n) is 9.70.